The first-order chi connectivity index (χ1) is 18.5. The van der Waals surface area contributed by atoms with Crippen LogP contribution in [0.25, 0.3) is 0 Å². The number of benzene rings is 3. The molecule has 0 radical (unpaired) electrons. The summed E-state index contributed by atoms with van der Waals surface area (Å²) in [4.78, 5) is 28.7. The van der Waals surface area contributed by atoms with Crippen LogP contribution in [0.5, 0.6) is 0 Å². The molecule has 0 unspecified atom stereocenters. The zero-order valence-corrected chi connectivity index (χ0v) is 23.0. The van der Waals surface area contributed by atoms with Crippen molar-refractivity contribution >= 4 is 27.5 Å². The van der Waals surface area contributed by atoms with Crippen molar-refractivity contribution in [2.45, 2.75) is 39.3 Å². The summed E-state index contributed by atoms with van der Waals surface area (Å²) in [5.74, 6) is -3.43. The Labute approximate surface area is 228 Å². The maximum Gasteiger partial charge on any atom is 0.244 e. The maximum absolute atomic E-state index is 14.0. The summed E-state index contributed by atoms with van der Waals surface area (Å²) < 4.78 is 53.6. The fourth-order valence-corrected chi connectivity index (χ4v) is 5.02. The number of hydrogen-bond acceptors (Lipinski definition) is 4. The van der Waals surface area contributed by atoms with Crippen molar-refractivity contribution in [3.8, 4) is 0 Å². The van der Waals surface area contributed by atoms with Gasteiger partial charge in [-0.05, 0) is 36.6 Å². The van der Waals surface area contributed by atoms with Crippen molar-refractivity contribution in [1.82, 2.24) is 10.2 Å². The number of amides is 2. The van der Waals surface area contributed by atoms with E-state index in [0.29, 0.717) is 17.3 Å². The van der Waals surface area contributed by atoms with E-state index in [1.54, 1.807) is 0 Å². The summed E-state index contributed by atoms with van der Waals surface area (Å²) in [5.41, 5.74) is 2.32. The van der Waals surface area contributed by atoms with Crippen molar-refractivity contribution in [3.05, 3.63) is 101 Å². The predicted octanol–water partition coefficient (Wildman–Crippen LogP) is 4.21. The minimum Gasteiger partial charge on any atom is -0.354 e. The molecular formula is C29H33F2N3O4S. The Balaban J connectivity index is 2.05. The van der Waals surface area contributed by atoms with Gasteiger partial charge in [-0.15, -0.1) is 0 Å². The van der Waals surface area contributed by atoms with Gasteiger partial charge in [-0.2, -0.15) is 0 Å². The molecule has 0 saturated heterocycles. The standard InChI is InChI=1S/C29H33F2N3O4S/c1-4-15-32-29(36)27(17-22-10-6-5-7-11-22)33(19-23-12-8-9-21(2)16-23)28(35)20-34(39(3,37)38)24-13-14-25(30)26(31)18-24/h5-14,16,18,27H,4,15,17,19-20H2,1-3H3,(H,32,36)/t27-/m0/s1. The van der Waals surface area contributed by atoms with Crippen LogP contribution in [0.4, 0.5) is 14.5 Å². The summed E-state index contributed by atoms with van der Waals surface area (Å²) in [5, 5.41) is 2.86. The second-order valence-corrected chi connectivity index (χ2v) is 11.3. The van der Waals surface area contributed by atoms with Crippen molar-refractivity contribution in [1.29, 1.82) is 0 Å². The topological polar surface area (TPSA) is 86.8 Å². The van der Waals surface area contributed by atoms with Gasteiger partial charge in [0.25, 0.3) is 0 Å². The van der Waals surface area contributed by atoms with Crippen LogP contribution < -0.4 is 9.62 Å². The second kappa shape index (κ2) is 13.3. The van der Waals surface area contributed by atoms with Crippen LogP contribution in [0, 0.1) is 18.6 Å². The highest BCUT2D eigenvalue weighted by Crippen LogP contribution is 2.22. The molecule has 3 rings (SSSR count). The molecule has 0 aliphatic heterocycles. The Morgan fingerprint density at radius 3 is 2.23 bits per heavy atom. The molecule has 208 valence electrons. The van der Waals surface area contributed by atoms with Crippen molar-refractivity contribution in [2.24, 2.45) is 0 Å². The third-order valence-electron chi connectivity index (χ3n) is 6.13. The molecule has 39 heavy (non-hydrogen) atoms. The fourth-order valence-electron chi connectivity index (χ4n) is 4.18. The number of rotatable bonds is 12. The number of hydrogen-bond donors (Lipinski definition) is 1. The molecule has 3 aromatic rings. The number of halogens is 2. The molecule has 0 aliphatic rings. The first-order valence-electron chi connectivity index (χ1n) is 12.6. The molecule has 0 bridgehead atoms. The Morgan fingerprint density at radius 2 is 1.62 bits per heavy atom. The molecule has 0 aliphatic carbocycles. The monoisotopic (exact) mass is 557 g/mol. The lowest BCUT2D eigenvalue weighted by molar-refractivity contribution is -0.140. The second-order valence-electron chi connectivity index (χ2n) is 9.38. The summed E-state index contributed by atoms with van der Waals surface area (Å²) >= 11 is 0. The molecule has 0 spiro atoms. The normalized spacial score (nSPS) is 12.0. The number of nitrogens with zero attached hydrogens (tertiary/aromatic N) is 2. The van der Waals surface area contributed by atoms with Gasteiger partial charge in [0, 0.05) is 25.6 Å². The molecule has 3 aromatic carbocycles. The van der Waals surface area contributed by atoms with Gasteiger partial charge in [0.1, 0.15) is 12.6 Å². The van der Waals surface area contributed by atoms with Gasteiger partial charge >= 0.3 is 0 Å². The number of aryl methyl sites for hydroxylation is 1. The molecule has 0 saturated carbocycles. The lowest BCUT2D eigenvalue weighted by Crippen LogP contribution is -2.53. The lowest BCUT2D eigenvalue weighted by atomic mass is 10.0. The Bertz CT molecular complexity index is 1400. The highest BCUT2D eigenvalue weighted by molar-refractivity contribution is 7.92. The van der Waals surface area contributed by atoms with E-state index in [0.717, 1.165) is 41.1 Å². The molecule has 0 heterocycles. The van der Waals surface area contributed by atoms with Gasteiger partial charge in [-0.25, -0.2) is 17.2 Å². The number of carbonyl (C=O) groups is 2. The smallest absolute Gasteiger partial charge is 0.244 e. The fraction of sp³-hybridized carbons (Fsp3) is 0.310. The van der Waals surface area contributed by atoms with E-state index < -0.39 is 40.2 Å². The summed E-state index contributed by atoms with van der Waals surface area (Å²) in [6.45, 7) is 3.55. The minimum absolute atomic E-state index is 0.0347. The van der Waals surface area contributed by atoms with Crippen LogP contribution in [-0.2, 0) is 32.6 Å². The van der Waals surface area contributed by atoms with Gasteiger partial charge < -0.3 is 10.2 Å². The summed E-state index contributed by atoms with van der Waals surface area (Å²) in [6, 6.07) is 18.3. The molecule has 1 N–H and O–H groups in total. The van der Waals surface area contributed by atoms with Crippen LogP contribution in [0.15, 0.2) is 72.8 Å². The SMILES string of the molecule is CCCNC(=O)[C@H](Cc1ccccc1)N(Cc1cccc(C)c1)C(=O)CN(c1ccc(F)c(F)c1)S(C)(=O)=O. The maximum atomic E-state index is 14.0. The van der Waals surface area contributed by atoms with E-state index in [4.69, 9.17) is 0 Å². The molecule has 2 amide bonds. The van der Waals surface area contributed by atoms with Gasteiger partial charge in [0.05, 0.1) is 11.9 Å². The molecule has 1 atom stereocenters. The lowest BCUT2D eigenvalue weighted by Gasteiger charge is -2.33. The Hall–Kier alpha value is -3.79. The van der Waals surface area contributed by atoms with Crippen molar-refractivity contribution in [2.75, 3.05) is 23.7 Å². The van der Waals surface area contributed by atoms with Crippen molar-refractivity contribution < 1.29 is 26.8 Å². The zero-order chi connectivity index (χ0) is 28.6. The molecule has 10 heteroatoms. The number of anilines is 1. The average Bonchev–Trinajstić information content (AvgIpc) is 2.89. The zero-order valence-electron chi connectivity index (χ0n) is 22.2. The third-order valence-corrected chi connectivity index (χ3v) is 7.27. The first-order valence-corrected chi connectivity index (χ1v) is 14.4. The molecule has 0 aromatic heterocycles. The van der Waals surface area contributed by atoms with E-state index in [9.17, 15) is 26.8 Å². The quantitative estimate of drug-likeness (QED) is 0.362. The van der Waals surface area contributed by atoms with E-state index >= 15 is 0 Å². The van der Waals surface area contributed by atoms with Gasteiger partial charge in [0.15, 0.2) is 11.6 Å². The van der Waals surface area contributed by atoms with Crippen molar-refractivity contribution in [3.63, 3.8) is 0 Å². The van der Waals surface area contributed by atoms with Crippen LogP contribution >= 0.6 is 0 Å². The molecular weight excluding hydrogens is 524 g/mol. The van der Waals surface area contributed by atoms with E-state index in [-0.39, 0.29) is 24.6 Å². The molecule has 0 fully saturated rings. The van der Waals surface area contributed by atoms with Crippen LogP contribution in [0.1, 0.15) is 30.0 Å². The first kappa shape index (κ1) is 29.8. The predicted molar refractivity (Wildman–Crippen MR) is 148 cm³/mol. The third kappa shape index (κ3) is 8.35. The summed E-state index contributed by atoms with van der Waals surface area (Å²) in [7, 11) is -4.08. The Kier molecular flexibility index (Phi) is 10.2. The Morgan fingerprint density at radius 1 is 0.923 bits per heavy atom. The van der Waals surface area contributed by atoms with E-state index in [1.165, 1.54) is 4.90 Å². The van der Waals surface area contributed by atoms with Crippen LogP contribution in [-0.4, -0.2) is 50.5 Å². The highest BCUT2D eigenvalue weighted by Gasteiger charge is 2.33. The van der Waals surface area contributed by atoms with Crippen LogP contribution in [0.2, 0.25) is 0 Å². The number of carbonyl (C=O) groups excluding carboxylic acids is 2. The average molecular weight is 558 g/mol. The van der Waals surface area contributed by atoms with Gasteiger partial charge in [-0.1, -0.05) is 67.1 Å². The van der Waals surface area contributed by atoms with Crippen LogP contribution in [0.3, 0.4) is 0 Å². The molecule has 7 nitrogen and oxygen atoms in total. The van der Waals surface area contributed by atoms with Gasteiger partial charge in [-0.3, -0.25) is 13.9 Å². The minimum atomic E-state index is -4.08. The van der Waals surface area contributed by atoms with E-state index in [1.807, 2.05) is 68.4 Å². The number of sulfonamides is 1. The largest absolute Gasteiger partial charge is 0.354 e. The number of nitrogens with one attached hydrogen (secondary N) is 1. The van der Waals surface area contributed by atoms with Gasteiger partial charge in [0.2, 0.25) is 21.8 Å². The highest BCUT2D eigenvalue weighted by atomic mass is 32.2. The van der Waals surface area contributed by atoms with E-state index in [2.05, 4.69) is 5.32 Å². The summed E-state index contributed by atoms with van der Waals surface area (Å²) in [6.07, 6.45) is 1.76.